The zero-order valence-corrected chi connectivity index (χ0v) is 13.3. The molecule has 2 aromatic heterocycles. The number of pyridine rings is 2. The van der Waals surface area contributed by atoms with Crippen LogP contribution in [0.2, 0.25) is 0 Å². The van der Waals surface area contributed by atoms with Crippen molar-refractivity contribution in [2.75, 3.05) is 32.8 Å². The minimum Gasteiger partial charge on any atom is -0.379 e. The summed E-state index contributed by atoms with van der Waals surface area (Å²) in [5.74, 6) is -0.214. The minimum absolute atomic E-state index is 0.0364. The molecule has 1 saturated heterocycles. The van der Waals surface area contributed by atoms with Crippen molar-refractivity contribution in [3.63, 3.8) is 0 Å². The molecule has 0 aliphatic carbocycles. The van der Waals surface area contributed by atoms with Gasteiger partial charge in [-0.05, 0) is 17.7 Å². The molecule has 1 atom stereocenters. The predicted molar refractivity (Wildman–Crippen MR) is 88.8 cm³/mol. The van der Waals surface area contributed by atoms with Gasteiger partial charge in [0.05, 0.1) is 24.8 Å². The molecule has 7 nitrogen and oxygen atoms in total. The Bertz CT molecular complexity index is 706. The van der Waals surface area contributed by atoms with Crippen LogP contribution in [-0.4, -0.2) is 53.6 Å². The van der Waals surface area contributed by atoms with Gasteiger partial charge in [-0.25, -0.2) is 0 Å². The second-order valence-electron chi connectivity index (χ2n) is 5.60. The first-order valence-electron chi connectivity index (χ1n) is 7.93. The van der Waals surface area contributed by atoms with E-state index in [0.717, 1.165) is 18.7 Å². The molecule has 0 saturated carbocycles. The van der Waals surface area contributed by atoms with E-state index in [1.807, 2.05) is 18.3 Å². The van der Waals surface area contributed by atoms with Gasteiger partial charge >= 0.3 is 0 Å². The van der Waals surface area contributed by atoms with Crippen LogP contribution in [0.25, 0.3) is 0 Å². The molecular weight excluding hydrogens is 308 g/mol. The topological polar surface area (TPSA) is 87.3 Å². The molecule has 1 aliphatic heterocycles. The summed E-state index contributed by atoms with van der Waals surface area (Å²) in [6.45, 7) is 3.46. The monoisotopic (exact) mass is 328 g/mol. The second kappa shape index (κ2) is 7.85. The number of amides is 1. The Labute approximate surface area is 139 Å². The molecule has 0 bridgehead atoms. The Kier molecular flexibility index (Phi) is 5.35. The van der Waals surface area contributed by atoms with E-state index in [1.165, 1.54) is 18.3 Å². The van der Waals surface area contributed by atoms with Gasteiger partial charge < -0.3 is 15.0 Å². The number of nitrogens with one attached hydrogen (secondary N) is 2. The molecule has 3 heterocycles. The maximum atomic E-state index is 12.3. The van der Waals surface area contributed by atoms with Crippen LogP contribution < -0.4 is 10.9 Å². The highest BCUT2D eigenvalue weighted by atomic mass is 16.5. The summed E-state index contributed by atoms with van der Waals surface area (Å²) in [5.41, 5.74) is 1.26. The van der Waals surface area contributed by atoms with Crippen molar-refractivity contribution in [3.05, 3.63) is 64.3 Å². The molecule has 1 aliphatic rings. The van der Waals surface area contributed by atoms with Crippen LogP contribution in [0, 0.1) is 0 Å². The molecule has 1 fully saturated rings. The number of morpholine rings is 1. The van der Waals surface area contributed by atoms with Crippen molar-refractivity contribution in [1.29, 1.82) is 0 Å². The normalized spacial score (nSPS) is 16.5. The number of hydrogen-bond donors (Lipinski definition) is 2. The Hall–Kier alpha value is -2.51. The van der Waals surface area contributed by atoms with Gasteiger partial charge in [-0.3, -0.25) is 19.5 Å². The van der Waals surface area contributed by atoms with Gasteiger partial charge in [-0.15, -0.1) is 0 Å². The fourth-order valence-corrected chi connectivity index (χ4v) is 2.76. The van der Waals surface area contributed by atoms with E-state index < -0.39 is 0 Å². The van der Waals surface area contributed by atoms with E-state index in [1.54, 1.807) is 6.20 Å². The van der Waals surface area contributed by atoms with Crippen LogP contribution in [0.1, 0.15) is 22.0 Å². The maximum absolute atomic E-state index is 12.3. The van der Waals surface area contributed by atoms with E-state index in [4.69, 9.17) is 4.74 Å². The molecule has 1 amide bonds. The summed E-state index contributed by atoms with van der Waals surface area (Å²) in [7, 11) is 0. The Balaban J connectivity index is 1.70. The first-order valence-corrected chi connectivity index (χ1v) is 7.93. The summed E-state index contributed by atoms with van der Waals surface area (Å²) in [5, 5.41) is 2.94. The molecule has 1 unspecified atom stereocenters. The van der Waals surface area contributed by atoms with Gasteiger partial charge in [0.1, 0.15) is 0 Å². The third kappa shape index (κ3) is 4.06. The van der Waals surface area contributed by atoms with Gasteiger partial charge in [-0.2, -0.15) is 0 Å². The van der Waals surface area contributed by atoms with Crippen molar-refractivity contribution in [1.82, 2.24) is 20.2 Å². The Morgan fingerprint density at radius 3 is 2.83 bits per heavy atom. The van der Waals surface area contributed by atoms with Gasteiger partial charge in [0, 0.05) is 44.3 Å². The van der Waals surface area contributed by atoms with E-state index in [-0.39, 0.29) is 17.5 Å². The summed E-state index contributed by atoms with van der Waals surface area (Å²) in [4.78, 5) is 32.4. The summed E-state index contributed by atoms with van der Waals surface area (Å²) in [6, 6.07) is 6.80. The standard InChI is InChI=1S/C17H20N4O3/c22-16-4-3-14(11-19-16)17(23)20-12-15(13-2-1-5-18-10-13)21-6-8-24-9-7-21/h1-5,10-11,15H,6-9,12H2,(H,19,22)(H,20,23). The number of carbonyl (C=O) groups is 1. The third-order valence-corrected chi connectivity index (χ3v) is 4.06. The Morgan fingerprint density at radius 2 is 2.17 bits per heavy atom. The lowest BCUT2D eigenvalue weighted by Crippen LogP contribution is -2.43. The SMILES string of the molecule is O=C(NCC(c1cccnc1)N1CCOCC1)c1ccc(=O)[nH]c1. The van der Waals surface area contributed by atoms with Gasteiger partial charge in [0.15, 0.2) is 0 Å². The first kappa shape index (κ1) is 16.4. The highest BCUT2D eigenvalue weighted by Crippen LogP contribution is 2.20. The third-order valence-electron chi connectivity index (χ3n) is 4.06. The highest BCUT2D eigenvalue weighted by Gasteiger charge is 2.23. The molecule has 2 aromatic rings. The van der Waals surface area contributed by atoms with Crippen molar-refractivity contribution in [2.24, 2.45) is 0 Å². The van der Waals surface area contributed by atoms with E-state index >= 15 is 0 Å². The lowest BCUT2D eigenvalue weighted by molar-refractivity contribution is 0.0161. The van der Waals surface area contributed by atoms with Gasteiger partial charge in [0.2, 0.25) is 5.56 Å². The van der Waals surface area contributed by atoms with Crippen LogP contribution in [0.3, 0.4) is 0 Å². The molecule has 0 aromatic carbocycles. The number of aromatic amines is 1. The number of carbonyl (C=O) groups excluding carboxylic acids is 1. The zero-order valence-electron chi connectivity index (χ0n) is 13.3. The fourth-order valence-electron chi connectivity index (χ4n) is 2.76. The number of aromatic nitrogens is 2. The van der Waals surface area contributed by atoms with Crippen molar-refractivity contribution < 1.29 is 9.53 Å². The smallest absolute Gasteiger partial charge is 0.252 e. The van der Waals surface area contributed by atoms with Crippen molar-refractivity contribution in [3.8, 4) is 0 Å². The molecule has 126 valence electrons. The van der Waals surface area contributed by atoms with Gasteiger partial charge in [-0.1, -0.05) is 6.07 Å². The molecule has 0 radical (unpaired) electrons. The van der Waals surface area contributed by atoms with Crippen LogP contribution >= 0.6 is 0 Å². The Morgan fingerprint density at radius 1 is 1.33 bits per heavy atom. The molecule has 3 rings (SSSR count). The van der Waals surface area contributed by atoms with Crippen LogP contribution in [0.15, 0.2) is 47.7 Å². The zero-order chi connectivity index (χ0) is 16.8. The molecule has 7 heteroatoms. The number of H-pyrrole nitrogens is 1. The number of hydrogen-bond acceptors (Lipinski definition) is 5. The average Bonchev–Trinajstić information content (AvgIpc) is 2.64. The minimum atomic E-state index is -0.229. The van der Waals surface area contributed by atoms with Crippen LogP contribution in [0.5, 0.6) is 0 Å². The van der Waals surface area contributed by atoms with Crippen molar-refractivity contribution in [2.45, 2.75) is 6.04 Å². The van der Waals surface area contributed by atoms with Crippen molar-refractivity contribution >= 4 is 5.91 Å². The quantitative estimate of drug-likeness (QED) is 0.838. The lowest BCUT2D eigenvalue weighted by atomic mass is 10.1. The highest BCUT2D eigenvalue weighted by molar-refractivity contribution is 5.93. The summed E-state index contributed by atoms with van der Waals surface area (Å²) < 4.78 is 5.41. The van der Waals surface area contributed by atoms with Gasteiger partial charge in [0.25, 0.3) is 5.91 Å². The van der Waals surface area contributed by atoms with E-state index in [0.29, 0.717) is 25.3 Å². The maximum Gasteiger partial charge on any atom is 0.252 e. The number of nitrogens with zero attached hydrogens (tertiary/aromatic N) is 2. The molecule has 0 spiro atoms. The predicted octanol–water partition coefficient (Wildman–Crippen LogP) is 0.573. The fraction of sp³-hybridized carbons (Fsp3) is 0.353. The molecular formula is C17H20N4O3. The lowest BCUT2D eigenvalue weighted by Gasteiger charge is -2.34. The number of rotatable bonds is 5. The average molecular weight is 328 g/mol. The van der Waals surface area contributed by atoms with Crippen LogP contribution in [0.4, 0.5) is 0 Å². The second-order valence-corrected chi connectivity index (χ2v) is 5.60. The van der Waals surface area contributed by atoms with E-state index in [2.05, 4.69) is 20.2 Å². The summed E-state index contributed by atoms with van der Waals surface area (Å²) >= 11 is 0. The molecule has 24 heavy (non-hydrogen) atoms. The van der Waals surface area contributed by atoms with E-state index in [9.17, 15) is 9.59 Å². The molecule has 2 N–H and O–H groups in total. The largest absolute Gasteiger partial charge is 0.379 e. The number of ether oxygens (including phenoxy) is 1. The summed E-state index contributed by atoms with van der Waals surface area (Å²) in [6.07, 6.45) is 4.98. The van der Waals surface area contributed by atoms with Crippen LogP contribution in [-0.2, 0) is 4.74 Å². The first-order chi connectivity index (χ1) is 11.7.